The van der Waals surface area contributed by atoms with Crippen molar-refractivity contribution in [3.8, 4) is 22.6 Å². The number of halogens is 3. The highest BCUT2D eigenvalue weighted by Crippen LogP contribution is 2.32. The minimum Gasteiger partial charge on any atom is -0.491 e. The van der Waals surface area contributed by atoms with Crippen LogP contribution in [0.4, 0.5) is 13.2 Å². The lowest BCUT2D eigenvalue weighted by atomic mass is 10.0. The highest BCUT2D eigenvalue weighted by atomic mass is 19.2. The summed E-state index contributed by atoms with van der Waals surface area (Å²) in [6.07, 6.45) is 0. The second-order valence-electron chi connectivity index (χ2n) is 5.32. The van der Waals surface area contributed by atoms with Crippen LogP contribution in [0.3, 0.4) is 0 Å². The van der Waals surface area contributed by atoms with Crippen LogP contribution in [-0.4, -0.2) is 13.1 Å². The minimum absolute atomic E-state index is 0.159. The van der Waals surface area contributed by atoms with Crippen LogP contribution in [-0.2, 0) is 0 Å². The normalized spacial score (nSPS) is 10.5. The van der Waals surface area contributed by atoms with E-state index in [-0.39, 0.29) is 5.75 Å². The molecule has 0 aliphatic heterocycles. The van der Waals surface area contributed by atoms with Gasteiger partial charge in [0.25, 0.3) is 0 Å². The first kappa shape index (κ1) is 17.5. The van der Waals surface area contributed by atoms with E-state index in [1.54, 1.807) is 18.2 Å². The molecular weight excluding hydrogens is 345 g/mol. The summed E-state index contributed by atoms with van der Waals surface area (Å²) in [7, 11) is 0.973. The molecule has 0 saturated heterocycles. The van der Waals surface area contributed by atoms with E-state index >= 15 is 0 Å². The summed E-state index contributed by atoms with van der Waals surface area (Å²) in [4.78, 5) is 12.3. The monoisotopic (exact) mass is 358 g/mol. The highest BCUT2D eigenvalue weighted by Gasteiger charge is 2.25. The Hall–Kier alpha value is -3.28. The fourth-order valence-electron chi connectivity index (χ4n) is 2.48. The Kier molecular flexibility index (Phi) is 4.93. The molecular formula is C20H13F3O3. The number of rotatable bonds is 4. The zero-order chi connectivity index (χ0) is 18.7. The Balaban J connectivity index is 1.99. The van der Waals surface area contributed by atoms with Gasteiger partial charge in [0, 0.05) is 5.56 Å². The maximum atomic E-state index is 14.3. The van der Waals surface area contributed by atoms with E-state index in [4.69, 9.17) is 4.74 Å². The zero-order valence-corrected chi connectivity index (χ0v) is 13.6. The number of ether oxygens (including phenoxy) is 2. The maximum Gasteiger partial charge on any atom is 0.346 e. The predicted molar refractivity (Wildman–Crippen MR) is 89.7 cm³/mol. The van der Waals surface area contributed by atoms with E-state index in [9.17, 15) is 18.0 Å². The molecule has 3 nitrogen and oxygen atoms in total. The molecule has 0 unspecified atom stereocenters. The molecule has 0 aromatic heterocycles. The average Bonchev–Trinajstić information content (AvgIpc) is 2.66. The summed E-state index contributed by atoms with van der Waals surface area (Å²) in [6.45, 7) is 0. The van der Waals surface area contributed by atoms with E-state index in [0.29, 0.717) is 11.6 Å². The van der Waals surface area contributed by atoms with Crippen molar-refractivity contribution in [2.75, 3.05) is 7.11 Å². The van der Waals surface area contributed by atoms with Crippen molar-refractivity contribution >= 4 is 5.97 Å². The van der Waals surface area contributed by atoms with Crippen LogP contribution in [0.1, 0.15) is 10.4 Å². The number of carbonyl (C=O) groups excluding carboxylic acids is 1. The molecule has 3 aromatic rings. The third-order valence-electron chi connectivity index (χ3n) is 3.71. The summed E-state index contributed by atoms with van der Waals surface area (Å²) in [6, 6.07) is 16.2. The molecule has 0 aliphatic rings. The molecule has 132 valence electrons. The number of hydrogen-bond donors (Lipinski definition) is 0. The highest BCUT2D eigenvalue weighted by molar-refractivity contribution is 5.93. The second kappa shape index (κ2) is 7.31. The molecule has 0 N–H and O–H groups in total. The predicted octanol–water partition coefficient (Wildman–Crippen LogP) is 5.00. The second-order valence-corrected chi connectivity index (χ2v) is 5.32. The van der Waals surface area contributed by atoms with Gasteiger partial charge in [-0.05, 0) is 17.7 Å². The molecule has 6 heteroatoms. The van der Waals surface area contributed by atoms with Crippen molar-refractivity contribution in [2.24, 2.45) is 0 Å². The lowest BCUT2D eigenvalue weighted by molar-refractivity contribution is 0.0729. The van der Waals surface area contributed by atoms with Crippen LogP contribution in [0.5, 0.6) is 11.5 Å². The van der Waals surface area contributed by atoms with Crippen molar-refractivity contribution in [1.29, 1.82) is 0 Å². The van der Waals surface area contributed by atoms with Crippen molar-refractivity contribution in [2.45, 2.75) is 0 Å². The molecule has 0 saturated carbocycles. The van der Waals surface area contributed by atoms with Crippen molar-refractivity contribution < 1.29 is 27.4 Å². The Morgan fingerprint density at radius 3 is 2.23 bits per heavy atom. The standard InChI is InChI=1S/C20H13F3O3/c1-25-19-17(22)14(11-15(21)18(19)23)20(24)26-16-10-6-5-9-13(16)12-7-3-2-4-8-12/h2-11H,1H3. The summed E-state index contributed by atoms with van der Waals surface area (Å²) in [5.74, 6) is -6.23. The van der Waals surface area contributed by atoms with Crippen LogP contribution >= 0.6 is 0 Å². The number of esters is 1. The van der Waals surface area contributed by atoms with Crippen LogP contribution < -0.4 is 9.47 Å². The van der Waals surface area contributed by atoms with Gasteiger partial charge in [-0.15, -0.1) is 0 Å². The Labute approximate surface area is 147 Å². The Bertz CT molecular complexity index is 956. The van der Waals surface area contributed by atoms with Gasteiger partial charge in [-0.3, -0.25) is 0 Å². The molecule has 26 heavy (non-hydrogen) atoms. The number of carbonyl (C=O) groups is 1. The third kappa shape index (κ3) is 3.26. The van der Waals surface area contributed by atoms with Crippen LogP contribution in [0, 0.1) is 17.5 Å². The van der Waals surface area contributed by atoms with Crippen LogP contribution in [0.2, 0.25) is 0 Å². The van der Waals surface area contributed by atoms with E-state index in [2.05, 4.69) is 4.74 Å². The Morgan fingerprint density at radius 2 is 1.54 bits per heavy atom. The Morgan fingerprint density at radius 1 is 0.885 bits per heavy atom. The SMILES string of the molecule is COc1c(F)c(F)cc(C(=O)Oc2ccccc2-c2ccccc2)c1F. The van der Waals surface area contributed by atoms with E-state index in [1.165, 1.54) is 6.07 Å². The lowest BCUT2D eigenvalue weighted by Crippen LogP contribution is -2.13. The van der Waals surface area contributed by atoms with Crippen LogP contribution in [0.15, 0.2) is 60.7 Å². The van der Waals surface area contributed by atoms with E-state index < -0.39 is 34.7 Å². The molecule has 0 fully saturated rings. The van der Waals surface area contributed by atoms with Gasteiger partial charge in [-0.1, -0.05) is 48.5 Å². The smallest absolute Gasteiger partial charge is 0.346 e. The van der Waals surface area contributed by atoms with Crippen molar-refractivity contribution in [3.05, 3.63) is 83.7 Å². The molecule has 0 radical (unpaired) electrons. The van der Waals surface area contributed by atoms with Gasteiger partial charge in [0.15, 0.2) is 17.4 Å². The van der Waals surface area contributed by atoms with Gasteiger partial charge < -0.3 is 9.47 Å². The molecule has 0 heterocycles. The van der Waals surface area contributed by atoms with Crippen molar-refractivity contribution in [3.63, 3.8) is 0 Å². The molecule has 0 spiro atoms. The molecule has 0 amide bonds. The number of benzene rings is 3. The first-order chi connectivity index (χ1) is 12.5. The number of hydrogen-bond acceptors (Lipinski definition) is 3. The first-order valence-electron chi connectivity index (χ1n) is 7.61. The summed E-state index contributed by atoms with van der Waals surface area (Å²) < 4.78 is 51.1. The van der Waals surface area contributed by atoms with Crippen LogP contribution in [0.25, 0.3) is 11.1 Å². The van der Waals surface area contributed by atoms with Gasteiger partial charge in [0.1, 0.15) is 11.3 Å². The third-order valence-corrected chi connectivity index (χ3v) is 3.71. The topological polar surface area (TPSA) is 35.5 Å². The minimum atomic E-state index is -1.51. The first-order valence-corrected chi connectivity index (χ1v) is 7.61. The molecule has 0 aliphatic carbocycles. The van der Waals surface area contributed by atoms with E-state index in [1.807, 2.05) is 30.3 Å². The maximum absolute atomic E-state index is 14.3. The fourth-order valence-corrected chi connectivity index (χ4v) is 2.48. The van der Waals surface area contributed by atoms with Gasteiger partial charge >= 0.3 is 5.97 Å². The summed E-state index contributed by atoms with van der Waals surface area (Å²) in [5.41, 5.74) is 0.610. The average molecular weight is 358 g/mol. The fraction of sp³-hybridized carbons (Fsp3) is 0.0500. The largest absolute Gasteiger partial charge is 0.491 e. The van der Waals surface area contributed by atoms with Gasteiger partial charge in [-0.25, -0.2) is 13.6 Å². The number of para-hydroxylation sites is 1. The van der Waals surface area contributed by atoms with Gasteiger partial charge in [0.05, 0.1) is 7.11 Å². The molecule has 0 atom stereocenters. The lowest BCUT2D eigenvalue weighted by Gasteiger charge is -2.12. The zero-order valence-electron chi connectivity index (χ0n) is 13.6. The summed E-state index contributed by atoms with van der Waals surface area (Å²) >= 11 is 0. The molecule has 3 aromatic carbocycles. The summed E-state index contributed by atoms with van der Waals surface area (Å²) in [5, 5.41) is 0. The van der Waals surface area contributed by atoms with E-state index in [0.717, 1.165) is 12.7 Å². The molecule has 3 rings (SSSR count). The molecule has 0 bridgehead atoms. The quantitative estimate of drug-likeness (QED) is 0.374. The van der Waals surface area contributed by atoms with Crippen molar-refractivity contribution in [1.82, 2.24) is 0 Å². The number of methoxy groups -OCH3 is 1. The van der Waals surface area contributed by atoms with Gasteiger partial charge in [-0.2, -0.15) is 4.39 Å². The van der Waals surface area contributed by atoms with Gasteiger partial charge in [0.2, 0.25) is 5.82 Å².